The van der Waals surface area contributed by atoms with Gasteiger partial charge >= 0.3 is 0 Å². The van der Waals surface area contributed by atoms with Gasteiger partial charge in [0.2, 0.25) is 0 Å². The highest BCUT2D eigenvalue weighted by Gasteiger charge is 2.07. The molecule has 0 atom stereocenters. The Hall–Kier alpha value is -3.32. The van der Waals surface area contributed by atoms with E-state index in [1.807, 2.05) is 36.4 Å². The van der Waals surface area contributed by atoms with Crippen molar-refractivity contribution in [2.45, 2.75) is 6.61 Å². The summed E-state index contributed by atoms with van der Waals surface area (Å²) in [6, 6.07) is 20.7. The zero-order valence-corrected chi connectivity index (χ0v) is 17.7. The SMILES string of the molecule is O=C(NCCNC(=O)c1ccc(COc2ccccc2Br)cc1)c1ccc(O)cc1. The lowest BCUT2D eigenvalue weighted by molar-refractivity contribution is 0.0927. The van der Waals surface area contributed by atoms with E-state index in [9.17, 15) is 14.7 Å². The standard InChI is InChI=1S/C23H21BrN2O4/c24-20-3-1-2-4-21(20)30-15-16-5-7-17(8-6-16)22(28)25-13-14-26-23(29)18-9-11-19(27)12-10-18/h1-12,27H,13-15H2,(H,25,28)(H,26,29). The Morgan fingerprint density at radius 2 is 1.33 bits per heavy atom. The molecule has 2 amide bonds. The van der Waals surface area contributed by atoms with Crippen molar-refractivity contribution in [3.8, 4) is 11.5 Å². The summed E-state index contributed by atoms with van der Waals surface area (Å²) in [6.45, 7) is 0.993. The zero-order valence-electron chi connectivity index (χ0n) is 16.1. The molecule has 0 aliphatic carbocycles. The summed E-state index contributed by atoms with van der Waals surface area (Å²) in [7, 11) is 0. The number of ether oxygens (including phenoxy) is 1. The Bertz CT molecular complexity index is 1000. The molecular weight excluding hydrogens is 448 g/mol. The number of hydrogen-bond donors (Lipinski definition) is 3. The van der Waals surface area contributed by atoms with Gasteiger partial charge in [0.05, 0.1) is 4.47 Å². The summed E-state index contributed by atoms with van der Waals surface area (Å²) >= 11 is 3.44. The Labute approximate surface area is 183 Å². The van der Waals surface area contributed by atoms with E-state index in [4.69, 9.17) is 4.74 Å². The molecule has 30 heavy (non-hydrogen) atoms. The molecule has 0 bridgehead atoms. The molecule has 6 nitrogen and oxygen atoms in total. The van der Waals surface area contributed by atoms with Crippen LogP contribution in [-0.4, -0.2) is 30.0 Å². The van der Waals surface area contributed by atoms with Crippen molar-refractivity contribution in [3.63, 3.8) is 0 Å². The van der Waals surface area contributed by atoms with Crippen molar-refractivity contribution in [3.05, 3.63) is 94.0 Å². The van der Waals surface area contributed by atoms with Crippen molar-refractivity contribution in [1.29, 1.82) is 0 Å². The average Bonchev–Trinajstić information content (AvgIpc) is 2.76. The third kappa shape index (κ3) is 6.09. The van der Waals surface area contributed by atoms with Gasteiger partial charge in [0.1, 0.15) is 18.1 Å². The number of aromatic hydroxyl groups is 1. The molecule has 3 aromatic rings. The van der Waals surface area contributed by atoms with Crippen LogP contribution < -0.4 is 15.4 Å². The average molecular weight is 469 g/mol. The monoisotopic (exact) mass is 468 g/mol. The Morgan fingerprint density at radius 1 is 0.800 bits per heavy atom. The highest BCUT2D eigenvalue weighted by atomic mass is 79.9. The molecule has 154 valence electrons. The minimum Gasteiger partial charge on any atom is -0.508 e. The number of rotatable bonds is 8. The Balaban J connectivity index is 1.41. The van der Waals surface area contributed by atoms with Crippen LogP contribution in [0.4, 0.5) is 0 Å². The second-order valence-electron chi connectivity index (χ2n) is 6.47. The summed E-state index contributed by atoms with van der Waals surface area (Å²) in [5.41, 5.74) is 1.92. The molecule has 0 aromatic heterocycles. The molecular formula is C23H21BrN2O4. The van der Waals surface area contributed by atoms with E-state index in [1.165, 1.54) is 24.3 Å². The topological polar surface area (TPSA) is 87.7 Å². The molecule has 0 heterocycles. The van der Waals surface area contributed by atoms with E-state index in [-0.39, 0.29) is 17.6 Å². The van der Waals surface area contributed by atoms with Crippen LogP contribution >= 0.6 is 15.9 Å². The predicted octanol–water partition coefficient (Wildman–Crippen LogP) is 3.89. The van der Waals surface area contributed by atoms with Gasteiger partial charge < -0.3 is 20.5 Å². The van der Waals surface area contributed by atoms with E-state index in [0.717, 1.165) is 15.8 Å². The van der Waals surface area contributed by atoms with Gasteiger partial charge in [0.25, 0.3) is 11.8 Å². The van der Waals surface area contributed by atoms with Gasteiger partial charge in [-0.3, -0.25) is 9.59 Å². The number of amides is 2. The molecule has 0 radical (unpaired) electrons. The molecule has 3 rings (SSSR count). The minimum absolute atomic E-state index is 0.101. The van der Waals surface area contributed by atoms with Crippen LogP contribution in [0.5, 0.6) is 11.5 Å². The minimum atomic E-state index is -0.265. The van der Waals surface area contributed by atoms with Crippen LogP contribution in [0.25, 0.3) is 0 Å². The number of phenolic OH excluding ortho intramolecular Hbond substituents is 1. The van der Waals surface area contributed by atoms with E-state index in [1.54, 1.807) is 12.1 Å². The molecule has 0 unspecified atom stereocenters. The summed E-state index contributed by atoms with van der Waals surface area (Å²) in [5.74, 6) is 0.379. The summed E-state index contributed by atoms with van der Waals surface area (Å²) in [5, 5.41) is 14.7. The number of carbonyl (C=O) groups excluding carboxylic acids is 2. The number of benzene rings is 3. The van der Waals surface area contributed by atoms with E-state index < -0.39 is 0 Å². The first-order valence-corrected chi connectivity index (χ1v) is 10.1. The largest absolute Gasteiger partial charge is 0.508 e. The van der Waals surface area contributed by atoms with Crippen LogP contribution in [0, 0.1) is 0 Å². The maximum Gasteiger partial charge on any atom is 0.251 e. The Morgan fingerprint density at radius 3 is 1.90 bits per heavy atom. The van der Waals surface area contributed by atoms with Gasteiger partial charge in [-0.1, -0.05) is 24.3 Å². The lowest BCUT2D eigenvalue weighted by Crippen LogP contribution is -2.34. The molecule has 0 aliphatic heterocycles. The van der Waals surface area contributed by atoms with Crippen LogP contribution in [0.3, 0.4) is 0 Å². The van der Waals surface area contributed by atoms with E-state index in [0.29, 0.717) is 30.8 Å². The fraction of sp³-hybridized carbons (Fsp3) is 0.130. The molecule has 3 aromatic carbocycles. The lowest BCUT2D eigenvalue weighted by Gasteiger charge is -2.09. The second-order valence-corrected chi connectivity index (χ2v) is 7.33. The van der Waals surface area contributed by atoms with Crippen molar-refractivity contribution in [1.82, 2.24) is 10.6 Å². The van der Waals surface area contributed by atoms with Gasteiger partial charge in [0.15, 0.2) is 0 Å². The summed E-state index contributed by atoms with van der Waals surface area (Å²) in [4.78, 5) is 24.2. The lowest BCUT2D eigenvalue weighted by atomic mass is 10.1. The molecule has 7 heteroatoms. The van der Waals surface area contributed by atoms with E-state index >= 15 is 0 Å². The molecule has 0 saturated heterocycles. The highest BCUT2D eigenvalue weighted by molar-refractivity contribution is 9.10. The zero-order chi connectivity index (χ0) is 21.3. The fourth-order valence-corrected chi connectivity index (χ4v) is 3.04. The number of para-hydroxylation sites is 1. The van der Waals surface area contributed by atoms with Crippen LogP contribution in [0.15, 0.2) is 77.3 Å². The Kier molecular flexibility index (Phi) is 7.45. The van der Waals surface area contributed by atoms with Gasteiger partial charge in [-0.2, -0.15) is 0 Å². The maximum absolute atomic E-state index is 12.2. The van der Waals surface area contributed by atoms with Crippen molar-refractivity contribution >= 4 is 27.7 Å². The van der Waals surface area contributed by atoms with E-state index in [2.05, 4.69) is 26.6 Å². The van der Waals surface area contributed by atoms with Crippen molar-refractivity contribution in [2.75, 3.05) is 13.1 Å². The number of nitrogens with one attached hydrogen (secondary N) is 2. The second kappa shape index (κ2) is 10.5. The van der Waals surface area contributed by atoms with Crippen LogP contribution in [0.1, 0.15) is 26.3 Å². The molecule has 3 N–H and O–H groups in total. The number of hydrogen-bond acceptors (Lipinski definition) is 4. The van der Waals surface area contributed by atoms with Crippen LogP contribution in [-0.2, 0) is 6.61 Å². The van der Waals surface area contributed by atoms with Gasteiger partial charge in [-0.15, -0.1) is 0 Å². The number of carbonyl (C=O) groups is 2. The third-order valence-corrected chi connectivity index (χ3v) is 4.93. The molecule has 0 spiro atoms. The maximum atomic E-state index is 12.2. The van der Waals surface area contributed by atoms with Crippen LogP contribution in [0.2, 0.25) is 0 Å². The first kappa shape index (κ1) is 21.4. The molecule has 0 saturated carbocycles. The third-order valence-electron chi connectivity index (χ3n) is 4.27. The van der Waals surface area contributed by atoms with Gasteiger partial charge in [0, 0.05) is 24.2 Å². The molecule has 0 fully saturated rings. The summed E-state index contributed by atoms with van der Waals surface area (Å²) in [6.07, 6.45) is 0. The quantitative estimate of drug-likeness (QED) is 0.437. The normalized spacial score (nSPS) is 10.3. The van der Waals surface area contributed by atoms with Gasteiger partial charge in [-0.25, -0.2) is 0 Å². The highest BCUT2D eigenvalue weighted by Crippen LogP contribution is 2.24. The number of halogens is 1. The fourth-order valence-electron chi connectivity index (χ4n) is 2.64. The predicted molar refractivity (Wildman–Crippen MR) is 118 cm³/mol. The smallest absolute Gasteiger partial charge is 0.251 e. The van der Waals surface area contributed by atoms with Gasteiger partial charge in [-0.05, 0) is 70.0 Å². The molecule has 0 aliphatic rings. The first-order chi connectivity index (χ1) is 14.5. The first-order valence-electron chi connectivity index (χ1n) is 9.34. The number of phenols is 1. The van der Waals surface area contributed by atoms with Crippen molar-refractivity contribution < 1.29 is 19.4 Å². The summed E-state index contributed by atoms with van der Waals surface area (Å²) < 4.78 is 6.65. The van der Waals surface area contributed by atoms with Crippen molar-refractivity contribution in [2.24, 2.45) is 0 Å².